The summed E-state index contributed by atoms with van der Waals surface area (Å²) in [5.41, 5.74) is 3.05. The molecule has 6 nitrogen and oxygen atoms in total. The summed E-state index contributed by atoms with van der Waals surface area (Å²) < 4.78 is 4.21. The van der Waals surface area contributed by atoms with Crippen LogP contribution in [0.4, 0.5) is 0 Å². The topological polar surface area (TPSA) is 56.0 Å². The molecule has 146 valence electrons. The SMILES string of the molecule is Cc1nnc2n1[C@H](Cc1ccccc1)CN(C(=O)c1cn(C)c3ccccc13)C2. The minimum atomic E-state index is 0.0479. The number of carbonyl (C=O) groups excluding carboxylic acids is 1. The zero-order valence-electron chi connectivity index (χ0n) is 16.6. The average Bonchev–Trinajstić information content (AvgIpc) is 3.29. The van der Waals surface area contributed by atoms with Gasteiger partial charge in [-0.3, -0.25) is 4.79 Å². The van der Waals surface area contributed by atoms with Gasteiger partial charge in [0.15, 0.2) is 5.82 Å². The Hall–Kier alpha value is -3.41. The highest BCUT2D eigenvalue weighted by atomic mass is 16.2. The normalized spacial score (nSPS) is 16.2. The molecule has 2 aromatic heterocycles. The van der Waals surface area contributed by atoms with Crippen LogP contribution in [-0.2, 0) is 20.0 Å². The first-order chi connectivity index (χ1) is 14.1. The van der Waals surface area contributed by atoms with Crippen LogP contribution in [0, 0.1) is 6.92 Å². The van der Waals surface area contributed by atoms with Crippen molar-refractivity contribution in [3.63, 3.8) is 0 Å². The fourth-order valence-electron chi connectivity index (χ4n) is 4.45. The maximum absolute atomic E-state index is 13.5. The molecular formula is C23H23N5O. The molecule has 5 rings (SSSR count). The van der Waals surface area contributed by atoms with Gasteiger partial charge in [-0.1, -0.05) is 48.5 Å². The second kappa shape index (κ2) is 6.88. The fourth-order valence-corrected chi connectivity index (χ4v) is 4.45. The first-order valence-corrected chi connectivity index (χ1v) is 9.89. The Balaban J connectivity index is 1.50. The van der Waals surface area contributed by atoms with Gasteiger partial charge in [0.1, 0.15) is 5.82 Å². The van der Waals surface area contributed by atoms with Crippen molar-refractivity contribution in [1.29, 1.82) is 0 Å². The van der Waals surface area contributed by atoms with E-state index in [4.69, 9.17) is 0 Å². The van der Waals surface area contributed by atoms with Crippen molar-refractivity contribution in [3.8, 4) is 0 Å². The Bertz CT molecular complexity index is 1190. The molecule has 6 heteroatoms. The Morgan fingerprint density at radius 3 is 2.66 bits per heavy atom. The van der Waals surface area contributed by atoms with E-state index in [9.17, 15) is 4.79 Å². The minimum Gasteiger partial charge on any atom is -0.350 e. The molecule has 0 fully saturated rings. The summed E-state index contributed by atoms with van der Waals surface area (Å²) in [5, 5.41) is 9.63. The van der Waals surface area contributed by atoms with Gasteiger partial charge >= 0.3 is 0 Å². The number of aromatic nitrogens is 4. The lowest BCUT2D eigenvalue weighted by atomic mass is 10.0. The molecule has 0 N–H and O–H groups in total. The number of hydrogen-bond acceptors (Lipinski definition) is 3. The number of fused-ring (bicyclic) bond motifs is 2. The molecular weight excluding hydrogens is 362 g/mol. The summed E-state index contributed by atoms with van der Waals surface area (Å²) in [7, 11) is 1.98. The van der Waals surface area contributed by atoms with Crippen molar-refractivity contribution in [1.82, 2.24) is 24.2 Å². The second-order valence-corrected chi connectivity index (χ2v) is 7.73. The first-order valence-electron chi connectivity index (χ1n) is 9.89. The van der Waals surface area contributed by atoms with E-state index in [1.807, 2.05) is 60.0 Å². The van der Waals surface area contributed by atoms with E-state index in [0.29, 0.717) is 13.1 Å². The Labute approximate surface area is 169 Å². The summed E-state index contributed by atoms with van der Waals surface area (Å²) in [6.07, 6.45) is 2.77. The molecule has 0 unspecified atom stereocenters. The highest BCUT2D eigenvalue weighted by Gasteiger charge is 2.32. The summed E-state index contributed by atoms with van der Waals surface area (Å²) >= 11 is 0. The van der Waals surface area contributed by atoms with Crippen LogP contribution in [0.15, 0.2) is 60.8 Å². The van der Waals surface area contributed by atoms with Crippen LogP contribution in [0.3, 0.4) is 0 Å². The van der Waals surface area contributed by atoms with Gasteiger partial charge in [0.25, 0.3) is 5.91 Å². The van der Waals surface area contributed by atoms with Gasteiger partial charge in [-0.25, -0.2) is 0 Å². The van der Waals surface area contributed by atoms with E-state index in [2.05, 4.69) is 39.0 Å². The predicted molar refractivity (Wildman–Crippen MR) is 112 cm³/mol. The van der Waals surface area contributed by atoms with Crippen molar-refractivity contribution in [2.45, 2.75) is 25.9 Å². The molecule has 1 amide bonds. The number of aryl methyl sites for hydroxylation is 2. The molecule has 29 heavy (non-hydrogen) atoms. The van der Waals surface area contributed by atoms with Crippen LogP contribution in [0.25, 0.3) is 10.9 Å². The number of benzene rings is 2. The van der Waals surface area contributed by atoms with Gasteiger partial charge in [-0.15, -0.1) is 10.2 Å². The fraction of sp³-hybridized carbons (Fsp3) is 0.261. The lowest BCUT2D eigenvalue weighted by Gasteiger charge is -2.34. The van der Waals surface area contributed by atoms with Crippen molar-refractivity contribution < 1.29 is 4.79 Å². The maximum Gasteiger partial charge on any atom is 0.256 e. The Kier molecular flexibility index (Phi) is 4.19. The lowest BCUT2D eigenvalue weighted by molar-refractivity contribution is 0.0674. The molecule has 0 radical (unpaired) electrons. The van der Waals surface area contributed by atoms with E-state index in [1.54, 1.807) is 0 Å². The molecule has 0 spiro atoms. The Morgan fingerprint density at radius 1 is 1.07 bits per heavy atom. The quantitative estimate of drug-likeness (QED) is 0.542. The lowest BCUT2D eigenvalue weighted by Crippen LogP contribution is -2.42. The summed E-state index contributed by atoms with van der Waals surface area (Å²) in [5.74, 6) is 1.80. The molecule has 0 saturated heterocycles. The molecule has 1 atom stereocenters. The number of hydrogen-bond donors (Lipinski definition) is 0. The number of para-hydroxylation sites is 1. The van der Waals surface area contributed by atoms with Crippen molar-refractivity contribution in [2.24, 2.45) is 7.05 Å². The minimum absolute atomic E-state index is 0.0479. The largest absolute Gasteiger partial charge is 0.350 e. The van der Waals surface area contributed by atoms with Gasteiger partial charge in [0, 0.05) is 30.7 Å². The van der Waals surface area contributed by atoms with Crippen molar-refractivity contribution in [3.05, 3.63) is 83.6 Å². The second-order valence-electron chi connectivity index (χ2n) is 7.73. The van der Waals surface area contributed by atoms with E-state index in [-0.39, 0.29) is 11.9 Å². The Morgan fingerprint density at radius 2 is 1.83 bits per heavy atom. The van der Waals surface area contributed by atoms with Crippen molar-refractivity contribution in [2.75, 3.05) is 6.54 Å². The van der Waals surface area contributed by atoms with Crippen LogP contribution in [0.1, 0.15) is 33.6 Å². The van der Waals surface area contributed by atoms with Gasteiger partial charge in [0.2, 0.25) is 0 Å². The zero-order chi connectivity index (χ0) is 20.0. The standard InChI is InChI=1S/C23H23N5O/c1-16-24-25-22-15-27(13-18(28(16)22)12-17-8-4-3-5-9-17)23(29)20-14-26(2)21-11-7-6-10-19(20)21/h3-11,14,18H,12-13,15H2,1-2H3/t18-/m1/s1. The van der Waals surface area contributed by atoms with Crippen LogP contribution in [0.5, 0.6) is 0 Å². The van der Waals surface area contributed by atoms with Gasteiger partial charge in [-0.2, -0.15) is 0 Å². The molecule has 0 bridgehead atoms. The van der Waals surface area contributed by atoms with Gasteiger partial charge < -0.3 is 14.0 Å². The third-order valence-electron chi connectivity index (χ3n) is 5.79. The molecule has 1 aliphatic rings. The summed E-state index contributed by atoms with van der Waals surface area (Å²) in [4.78, 5) is 15.4. The predicted octanol–water partition coefficient (Wildman–Crippen LogP) is 3.52. The third kappa shape index (κ3) is 3.01. The van der Waals surface area contributed by atoms with Crippen LogP contribution in [-0.4, -0.2) is 36.7 Å². The molecule has 3 heterocycles. The van der Waals surface area contributed by atoms with E-state index in [0.717, 1.165) is 34.5 Å². The first kappa shape index (κ1) is 17.7. The number of amides is 1. The molecule has 4 aromatic rings. The number of nitrogens with zero attached hydrogens (tertiary/aromatic N) is 5. The number of rotatable bonds is 3. The van der Waals surface area contributed by atoms with Crippen LogP contribution >= 0.6 is 0 Å². The molecule has 2 aromatic carbocycles. The van der Waals surface area contributed by atoms with E-state index < -0.39 is 0 Å². The van der Waals surface area contributed by atoms with E-state index >= 15 is 0 Å². The average molecular weight is 385 g/mol. The molecule has 1 aliphatic heterocycles. The monoisotopic (exact) mass is 385 g/mol. The van der Waals surface area contributed by atoms with Crippen LogP contribution in [0.2, 0.25) is 0 Å². The summed E-state index contributed by atoms with van der Waals surface area (Å²) in [6, 6.07) is 18.5. The van der Waals surface area contributed by atoms with Gasteiger partial charge in [0.05, 0.1) is 18.2 Å². The molecule has 0 saturated carbocycles. The third-order valence-corrected chi connectivity index (χ3v) is 5.79. The van der Waals surface area contributed by atoms with E-state index in [1.165, 1.54) is 5.56 Å². The highest BCUT2D eigenvalue weighted by molar-refractivity contribution is 6.07. The highest BCUT2D eigenvalue weighted by Crippen LogP contribution is 2.28. The smallest absolute Gasteiger partial charge is 0.256 e. The maximum atomic E-state index is 13.5. The zero-order valence-corrected chi connectivity index (χ0v) is 16.6. The van der Waals surface area contributed by atoms with Gasteiger partial charge in [-0.05, 0) is 25.0 Å². The molecule has 0 aliphatic carbocycles. The van der Waals surface area contributed by atoms with Crippen LogP contribution < -0.4 is 0 Å². The number of carbonyl (C=O) groups is 1. The summed E-state index contributed by atoms with van der Waals surface area (Å²) in [6.45, 7) is 3.10. The van der Waals surface area contributed by atoms with Crippen molar-refractivity contribution >= 4 is 16.8 Å².